The van der Waals surface area contributed by atoms with E-state index in [0.717, 1.165) is 11.1 Å². The number of carbonyl (C=O) groups excluding carboxylic acids is 1. The summed E-state index contributed by atoms with van der Waals surface area (Å²) in [6.45, 7) is 5.93. The van der Waals surface area contributed by atoms with Crippen LogP contribution in [0.25, 0.3) is 0 Å². The summed E-state index contributed by atoms with van der Waals surface area (Å²) >= 11 is 5.81. The Hall–Kier alpha value is -1.87. The summed E-state index contributed by atoms with van der Waals surface area (Å²) in [6.07, 6.45) is 3.05. The molecule has 1 aromatic heterocycles. The molecule has 0 saturated heterocycles. The first kappa shape index (κ1) is 14.5. The quantitative estimate of drug-likeness (QED) is 0.801. The van der Waals surface area contributed by atoms with Crippen molar-refractivity contribution in [1.82, 2.24) is 4.98 Å². The summed E-state index contributed by atoms with van der Waals surface area (Å²) in [5.74, 6) is 0.443. The third-order valence-corrected chi connectivity index (χ3v) is 3.40. The lowest BCUT2D eigenvalue weighted by Gasteiger charge is -2.10. The van der Waals surface area contributed by atoms with Crippen molar-refractivity contribution in [2.24, 2.45) is 0 Å². The van der Waals surface area contributed by atoms with E-state index in [0.29, 0.717) is 16.3 Å². The van der Waals surface area contributed by atoms with Crippen LogP contribution in [0.4, 0.5) is 0 Å². The molecule has 0 aliphatic heterocycles. The summed E-state index contributed by atoms with van der Waals surface area (Å²) in [7, 11) is 0. The second-order valence-corrected chi connectivity index (χ2v) is 5.24. The molecule has 0 fully saturated rings. The second-order valence-electron chi connectivity index (χ2n) is 4.80. The number of Topliss-reactive ketones (excluding diaryl/α,β-unsaturated/α-hetero) is 1. The van der Waals surface area contributed by atoms with E-state index in [2.05, 4.69) is 4.98 Å². The van der Waals surface area contributed by atoms with Crippen LogP contribution >= 0.6 is 11.6 Å². The van der Waals surface area contributed by atoms with Crippen molar-refractivity contribution in [1.29, 1.82) is 0 Å². The molecule has 0 unspecified atom stereocenters. The van der Waals surface area contributed by atoms with Gasteiger partial charge in [0, 0.05) is 17.8 Å². The zero-order chi connectivity index (χ0) is 14.7. The van der Waals surface area contributed by atoms with Gasteiger partial charge in [0.1, 0.15) is 5.75 Å². The molecule has 0 aliphatic carbocycles. The Balaban J connectivity index is 2.11. The summed E-state index contributed by atoms with van der Waals surface area (Å²) in [4.78, 5) is 16.1. The number of aromatic nitrogens is 1. The third-order valence-electron chi connectivity index (χ3n) is 3.19. The van der Waals surface area contributed by atoms with E-state index in [1.54, 1.807) is 6.07 Å². The molecular weight excluding hydrogens is 274 g/mol. The Morgan fingerprint density at radius 1 is 1.10 bits per heavy atom. The standard InChI is InChI=1S/C16H16ClNO2/c1-10-4-12(3)15(5-11(10)2)16(19)9-20-14-6-13(17)7-18-8-14/h4-8H,9H2,1-3H3. The Labute approximate surface area is 123 Å². The van der Waals surface area contributed by atoms with Crippen molar-refractivity contribution < 1.29 is 9.53 Å². The van der Waals surface area contributed by atoms with Gasteiger partial charge in [0.05, 0.1) is 11.2 Å². The van der Waals surface area contributed by atoms with Gasteiger partial charge in [0.25, 0.3) is 0 Å². The van der Waals surface area contributed by atoms with Crippen LogP contribution in [-0.4, -0.2) is 17.4 Å². The maximum absolute atomic E-state index is 12.2. The molecule has 2 rings (SSSR count). The number of benzene rings is 1. The van der Waals surface area contributed by atoms with E-state index in [1.165, 1.54) is 18.0 Å². The van der Waals surface area contributed by atoms with Crippen LogP contribution < -0.4 is 4.74 Å². The van der Waals surface area contributed by atoms with Gasteiger partial charge in [-0.1, -0.05) is 17.7 Å². The van der Waals surface area contributed by atoms with E-state index in [1.807, 2.05) is 32.9 Å². The first-order chi connectivity index (χ1) is 9.47. The molecule has 0 amide bonds. The van der Waals surface area contributed by atoms with Crippen LogP contribution in [0.3, 0.4) is 0 Å². The summed E-state index contributed by atoms with van der Waals surface area (Å²) in [5.41, 5.74) is 3.94. The van der Waals surface area contributed by atoms with Crippen LogP contribution in [0.5, 0.6) is 5.75 Å². The number of ether oxygens (including phenoxy) is 1. The van der Waals surface area contributed by atoms with Gasteiger partial charge in [0.15, 0.2) is 12.4 Å². The molecule has 3 nitrogen and oxygen atoms in total. The van der Waals surface area contributed by atoms with E-state index < -0.39 is 0 Å². The number of ketones is 1. The molecule has 2 aromatic rings. The molecule has 0 N–H and O–H groups in total. The average molecular weight is 290 g/mol. The molecule has 0 spiro atoms. The number of hydrogen-bond acceptors (Lipinski definition) is 3. The molecule has 0 radical (unpaired) electrons. The van der Waals surface area contributed by atoms with Gasteiger partial charge in [-0.3, -0.25) is 9.78 Å². The lowest BCUT2D eigenvalue weighted by molar-refractivity contribution is 0.0920. The predicted octanol–water partition coefficient (Wildman–Crippen LogP) is 3.92. The fraction of sp³-hybridized carbons (Fsp3) is 0.250. The van der Waals surface area contributed by atoms with Crippen molar-refractivity contribution in [3.63, 3.8) is 0 Å². The maximum Gasteiger partial charge on any atom is 0.200 e. The number of carbonyl (C=O) groups is 1. The van der Waals surface area contributed by atoms with Crippen LogP contribution in [0.1, 0.15) is 27.0 Å². The van der Waals surface area contributed by atoms with Crippen LogP contribution in [0.2, 0.25) is 5.02 Å². The number of hydrogen-bond donors (Lipinski definition) is 0. The highest BCUT2D eigenvalue weighted by Gasteiger charge is 2.11. The fourth-order valence-electron chi connectivity index (χ4n) is 1.96. The van der Waals surface area contributed by atoms with Gasteiger partial charge in [-0.2, -0.15) is 0 Å². The van der Waals surface area contributed by atoms with Gasteiger partial charge in [0.2, 0.25) is 0 Å². The predicted molar refractivity (Wildman–Crippen MR) is 79.7 cm³/mol. The van der Waals surface area contributed by atoms with Crippen molar-refractivity contribution in [3.8, 4) is 5.75 Å². The third kappa shape index (κ3) is 3.36. The van der Waals surface area contributed by atoms with Crippen LogP contribution in [0.15, 0.2) is 30.6 Å². The smallest absolute Gasteiger partial charge is 0.200 e. The highest BCUT2D eigenvalue weighted by atomic mass is 35.5. The molecule has 1 aromatic carbocycles. The number of aryl methyl sites for hydroxylation is 3. The van der Waals surface area contributed by atoms with Gasteiger partial charge >= 0.3 is 0 Å². The summed E-state index contributed by atoms with van der Waals surface area (Å²) < 4.78 is 5.43. The Kier molecular flexibility index (Phi) is 4.40. The van der Waals surface area contributed by atoms with Crippen molar-refractivity contribution >= 4 is 17.4 Å². The largest absolute Gasteiger partial charge is 0.484 e. The highest BCUT2D eigenvalue weighted by molar-refractivity contribution is 6.30. The molecule has 20 heavy (non-hydrogen) atoms. The second kappa shape index (κ2) is 6.06. The van der Waals surface area contributed by atoms with Crippen LogP contribution in [0, 0.1) is 20.8 Å². The molecule has 0 saturated carbocycles. The Morgan fingerprint density at radius 3 is 2.50 bits per heavy atom. The van der Waals surface area contributed by atoms with Gasteiger partial charge < -0.3 is 4.74 Å². The molecule has 0 aliphatic rings. The first-order valence-electron chi connectivity index (χ1n) is 6.32. The fourth-order valence-corrected chi connectivity index (χ4v) is 2.12. The van der Waals surface area contributed by atoms with Gasteiger partial charge in [-0.25, -0.2) is 0 Å². The Bertz CT molecular complexity index is 653. The zero-order valence-electron chi connectivity index (χ0n) is 11.7. The summed E-state index contributed by atoms with van der Waals surface area (Å²) in [6, 6.07) is 5.56. The molecule has 1 heterocycles. The number of pyridine rings is 1. The number of halogens is 1. The monoisotopic (exact) mass is 289 g/mol. The summed E-state index contributed by atoms with van der Waals surface area (Å²) in [5, 5.41) is 0.484. The van der Waals surface area contributed by atoms with Crippen molar-refractivity contribution in [2.75, 3.05) is 6.61 Å². The minimum Gasteiger partial charge on any atom is -0.484 e. The molecule has 4 heteroatoms. The minimum atomic E-state index is -0.0504. The zero-order valence-corrected chi connectivity index (χ0v) is 12.5. The lowest BCUT2D eigenvalue weighted by Crippen LogP contribution is -2.13. The van der Waals surface area contributed by atoms with Gasteiger partial charge in [-0.15, -0.1) is 0 Å². The van der Waals surface area contributed by atoms with E-state index >= 15 is 0 Å². The van der Waals surface area contributed by atoms with Gasteiger partial charge in [-0.05, 0) is 43.5 Å². The Morgan fingerprint density at radius 2 is 1.80 bits per heavy atom. The van der Waals surface area contributed by atoms with Crippen LogP contribution in [-0.2, 0) is 0 Å². The maximum atomic E-state index is 12.2. The van der Waals surface area contributed by atoms with Crippen molar-refractivity contribution in [2.45, 2.75) is 20.8 Å². The van der Waals surface area contributed by atoms with Crippen molar-refractivity contribution in [3.05, 3.63) is 57.9 Å². The topological polar surface area (TPSA) is 39.2 Å². The molecule has 0 atom stereocenters. The van der Waals surface area contributed by atoms with E-state index in [9.17, 15) is 4.79 Å². The number of nitrogens with zero attached hydrogens (tertiary/aromatic N) is 1. The first-order valence-corrected chi connectivity index (χ1v) is 6.69. The normalized spacial score (nSPS) is 10.4. The molecule has 104 valence electrons. The molecule has 0 bridgehead atoms. The van der Waals surface area contributed by atoms with E-state index in [4.69, 9.17) is 16.3 Å². The molecular formula is C16H16ClNO2. The SMILES string of the molecule is Cc1cc(C)c(C(=O)COc2cncc(Cl)c2)cc1C. The van der Waals surface area contributed by atoms with E-state index in [-0.39, 0.29) is 12.4 Å². The average Bonchev–Trinajstić information content (AvgIpc) is 2.40. The lowest BCUT2D eigenvalue weighted by atomic mass is 9.98. The highest BCUT2D eigenvalue weighted by Crippen LogP contribution is 2.18. The minimum absolute atomic E-state index is 0.0225. The number of rotatable bonds is 4.